The second-order valence-electron chi connectivity index (χ2n) is 5.50. The smallest absolute Gasteiger partial charge is 0.255 e. The first-order valence-corrected chi connectivity index (χ1v) is 7.97. The van der Waals surface area contributed by atoms with Crippen molar-refractivity contribution in [2.45, 2.75) is 25.8 Å². The van der Waals surface area contributed by atoms with Gasteiger partial charge in [-0.2, -0.15) is 0 Å². The number of ether oxygens (including phenoxy) is 1. The molecule has 2 amide bonds. The molecular weight excluding hydrogens is 304 g/mol. The summed E-state index contributed by atoms with van der Waals surface area (Å²) in [5.74, 6) is -0.181. The van der Waals surface area contributed by atoms with Gasteiger partial charge in [-0.25, -0.2) is 0 Å². The molecule has 2 aromatic rings. The summed E-state index contributed by atoms with van der Waals surface area (Å²) in [5, 5.41) is 3.07. The van der Waals surface area contributed by atoms with E-state index in [2.05, 4.69) is 12.2 Å². The number of rotatable bonds is 8. The highest BCUT2D eigenvalue weighted by molar-refractivity contribution is 5.94. The second-order valence-corrected chi connectivity index (χ2v) is 5.50. The molecule has 5 heteroatoms. The van der Waals surface area contributed by atoms with Crippen LogP contribution in [0.3, 0.4) is 0 Å². The van der Waals surface area contributed by atoms with Gasteiger partial charge >= 0.3 is 0 Å². The number of hydrogen-bond acceptors (Lipinski definition) is 3. The number of amides is 2. The molecule has 0 fully saturated rings. The number of primary amides is 1. The average molecular weight is 326 g/mol. The molecule has 0 aliphatic rings. The van der Waals surface area contributed by atoms with Crippen molar-refractivity contribution in [1.82, 2.24) is 5.32 Å². The van der Waals surface area contributed by atoms with Crippen molar-refractivity contribution >= 4 is 11.8 Å². The van der Waals surface area contributed by atoms with E-state index in [1.165, 1.54) is 0 Å². The third-order valence-electron chi connectivity index (χ3n) is 3.58. The zero-order valence-electron chi connectivity index (χ0n) is 13.7. The van der Waals surface area contributed by atoms with Crippen molar-refractivity contribution in [2.24, 2.45) is 5.73 Å². The lowest BCUT2D eigenvalue weighted by Crippen LogP contribution is -2.28. The average Bonchev–Trinajstić information content (AvgIpc) is 2.60. The molecule has 0 saturated carbocycles. The SMILES string of the molecule is CCCC(NC(=O)c1ccc(OCC(N)=O)cc1)c1ccccc1. The quantitative estimate of drug-likeness (QED) is 0.782. The van der Waals surface area contributed by atoms with Gasteiger partial charge in [0.1, 0.15) is 5.75 Å². The molecule has 126 valence electrons. The van der Waals surface area contributed by atoms with Crippen LogP contribution in [-0.4, -0.2) is 18.4 Å². The molecule has 2 rings (SSSR count). The molecule has 0 radical (unpaired) electrons. The molecule has 0 aliphatic carbocycles. The monoisotopic (exact) mass is 326 g/mol. The fourth-order valence-corrected chi connectivity index (χ4v) is 2.39. The molecule has 0 aliphatic heterocycles. The molecule has 0 bridgehead atoms. The minimum atomic E-state index is -0.540. The summed E-state index contributed by atoms with van der Waals surface area (Å²) < 4.78 is 5.18. The Morgan fingerprint density at radius 2 is 1.75 bits per heavy atom. The van der Waals surface area contributed by atoms with E-state index < -0.39 is 5.91 Å². The van der Waals surface area contributed by atoms with Crippen LogP contribution in [-0.2, 0) is 4.79 Å². The number of nitrogens with two attached hydrogens (primary N) is 1. The van der Waals surface area contributed by atoms with E-state index in [9.17, 15) is 9.59 Å². The van der Waals surface area contributed by atoms with Crippen LogP contribution >= 0.6 is 0 Å². The summed E-state index contributed by atoms with van der Waals surface area (Å²) >= 11 is 0. The maximum absolute atomic E-state index is 12.5. The van der Waals surface area contributed by atoms with Crippen LogP contribution in [0.2, 0.25) is 0 Å². The maximum Gasteiger partial charge on any atom is 0.255 e. The van der Waals surface area contributed by atoms with Gasteiger partial charge in [0.25, 0.3) is 11.8 Å². The highest BCUT2D eigenvalue weighted by Gasteiger charge is 2.15. The Bertz CT molecular complexity index is 669. The van der Waals surface area contributed by atoms with E-state index in [1.807, 2.05) is 30.3 Å². The van der Waals surface area contributed by atoms with Gasteiger partial charge in [0, 0.05) is 5.56 Å². The Labute approximate surface area is 141 Å². The number of nitrogens with one attached hydrogen (secondary N) is 1. The Morgan fingerprint density at radius 3 is 2.33 bits per heavy atom. The lowest BCUT2D eigenvalue weighted by Gasteiger charge is -2.18. The molecule has 24 heavy (non-hydrogen) atoms. The Balaban J connectivity index is 2.03. The first kappa shape index (κ1) is 17.5. The number of hydrogen-bond donors (Lipinski definition) is 2. The summed E-state index contributed by atoms with van der Waals surface area (Å²) in [4.78, 5) is 23.2. The normalized spacial score (nSPS) is 11.5. The number of benzene rings is 2. The highest BCUT2D eigenvalue weighted by Crippen LogP contribution is 2.19. The minimum absolute atomic E-state index is 0.0190. The summed E-state index contributed by atoms with van der Waals surface area (Å²) in [6.45, 7) is 1.91. The van der Waals surface area contributed by atoms with Gasteiger partial charge in [-0.1, -0.05) is 43.7 Å². The van der Waals surface area contributed by atoms with Gasteiger partial charge in [-0.15, -0.1) is 0 Å². The van der Waals surface area contributed by atoms with Crippen LogP contribution in [0.1, 0.15) is 41.7 Å². The topological polar surface area (TPSA) is 81.4 Å². The van der Waals surface area contributed by atoms with E-state index >= 15 is 0 Å². The lowest BCUT2D eigenvalue weighted by molar-refractivity contribution is -0.119. The zero-order chi connectivity index (χ0) is 17.4. The molecular formula is C19H22N2O3. The molecule has 1 unspecified atom stereocenters. The number of carbonyl (C=O) groups is 2. The molecule has 3 N–H and O–H groups in total. The van der Waals surface area contributed by atoms with Crippen molar-refractivity contribution < 1.29 is 14.3 Å². The predicted octanol–water partition coefficient (Wildman–Crippen LogP) is 2.82. The standard InChI is InChI=1S/C19H22N2O3/c1-2-6-17(14-7-4-3-5-8-14)21-19(23)15-9-11-16(12-10-15)24-13-18(20)22/h3-5,7-12,17H,2,6,13H2,1H3,(H2,20,22)(H,21,23). The first-order chi connectivity index (χ1) is 11.6. The van der Waals surface area contributed by atoms with Crippen LogP contribution in [0.4, 0.5) is 0 Å². The van der Waals surface area contributed by atoms with Gasteiger partial charge in [0.2, 0.25) is 0 Å². The van der Waals surface area contributed by atoms with E-state index in [-0.39, 0.29) is 18.6 Å². The van der Waals surface area contributed by atoms with Gasteiger partial charge in [-0.05, 0) is 36.2 Å². The van der Waals surface area contributed by atoms with Crippen molar-refractivity contribution in [2.75, 3.05) is 6.61 Å². The summed E-state index contributed by atoms with van der Waals surface area (Å²) in [5.41, 5.74) is 6.66. The van der Waals surface area contributed by atoms with Crippen molar-refractivity contribution in [3.8, 4) is 5.75 Å². The molecule has 0 aromatic heterocycles. The maximum atomic E-state index is 12.5. The van der Waals surface area contributed by atoms with Crippen LogP contribution in [0.5, 0.6) is 5.75 Å². The summed E-state index contributed by atoms with van der Waals surface area (Å²) in [6.07, 6.45) is 1.84. The lowest BCUT2D eigenvalue weighted by atomic mass is 10.0. The van der Waals surface area contributed by atoms with Crippen molar-refractivity contribution in [3.63, 3.8) is 0 Å². The van der Waals surface area contributed by atoms with E-state index in [0.717, 1.165) is 18.4 Å². The third-order valence-corrected chi connectivity index (χ3v) is 3.58. The molecule has 2 aromatic carbocycles. The van der Waals surface area contributed by atoms with E-state index in [1.54, 1.807) is 24.3 Å². The molecule has 0 saturated heterocycles. The summed E-state index contributed by atoms with van der Waals surface area (Å²) in [7, 11) is 0. The Kier molecular flexibility index (Phi) is 6.37. The van der Waals surface area contributed by atoms with Crippen LogP contribution in [0.25, 0.3) is 0 Å². The van der Waals surface area contributed by atoms with Crippen LogP contribution < -0.4 is 15.8 Å². The number of carbonyl (C=O) groups excluding carboxylic acids is 2. The fraction of sp³-hybridized carbons (Fsp3) is 0.263. The predicted molar refractivity (Wildman–Crippen MR) is 92.7 cm³/mol. The Hall–Kier alpha value is -2.82. The third kappa shape index (κ3) is 5.12. The first-order valence-electron chi connectivity index (χ1n) is 7.97. The highest BCUT2D eigenvalue weighted by atomic mass is 16.5. The molecule has 1 atom stereocenters. The van der Waals surface area contributed by atoms with Gasteiger partial charge < -0.3 is 15.8 Å². The van der Waals surface area contributed by atoms with Crippen LogP contribution in [0, 0.1) is 0 Å². The minimum Gasteiger partial charge on any atom is -0.484 e. The molecule has 0 spiro atoms. The van der Waals surface area contributed by atoms with Gasteiger partial charge in [-0.3, -0.25) is 9.59 Å². The van der Waals surface area contributed by atoms with E-state index in [4.69, 9.17) is 10.5 Å². The van der Waals surface area contributed by atoms with Crippen LogP contribution in [0.15, 0.2) is 54.6 Å². The summed E-state index contributed by atoms with van der Waals surface area (Å²) in [6, 6.07) is 16.5. The molecule has 5 nitrogen and oxygen atoms in total. The van der Waals surface area contributed by atoms with E-state index in [0.29, 0.717) is 11.3 Å². The largest absolute Gasteiger partial charge is 0.484 e. The second kappa shape index (κ2) is 8.72. The Morgan fingerprint density at radius 1 is 1.08 bits per heavy atom. The van der Waals surface area contributed by atoms with Crippen molar-refractivity contribution in [3.05, 3.63) is 65.7 Å². The van der Waals surface area contributed by atoms with Gasteiger partial charge in [0.15, 0.2) is 6.61 Å². The molecule has 0 heterocycles. The zero-order valence-corrected chi connectivity index (χ0v) is 13.7. The van der Waals surface area contributed by atoms with Gasteiger partial charge in [0.05, 0.1) is 6.04 Å². The van der Waals surface area contributed by atoms with Crippen molar-refractivity contribution in [1.29, 1.82) is 0 Å². The fourth-order valence-electron chi connectivity index (χ4n) is 2.39.